The van der Waals surface area contributed by atoms with E-state index in [4.69, 9.17) is 0 Å². The van der Waals surface area contributed by atoms with Gasteiger partial charge >= 0.3 is 0 Å². The van der Waals surface area contributed by atoms with Gasteiger partial charge in [0.1, 0.15) is 0 Å². The molecule has 0 aliphatic carbocycles. The molecule has 11 rings (SSSR count). The summed E-state index contributed by atoms with van der Waals surface area (Å²) >= 11 is 0. The second-order valence-corrected chi connectivity index (χ2v) is 15.4. The Labute approximate surface area is 350 Å². The largest absolute Gasteiger partial charge is 0.310 e. The molecule has 0 aliphatic rings. The number of fused-ring (bicyclic) bond motifs is 5. The lowest BCUT2D eigenvalue weighted by Crippen LogP contribution is -2.10. The van der Waals surface area contributed by atoms with Crippen LogP contribution in [0.5, 0.6) is 0 Å². The molecule has 2 nitrogen and oxygen atoms in total. The highest BCUT2D eigenvalue weighted by atomic mass is 15.1. The predicted octanol–water partition coefficient (Wildman–Crippen LogP) is 16.1. The molecule has 0 N–H and O–H groups in total. The SMILES string of the molecule is c1ccc(-c2ccc(N(c3ccc(-c4cccc(-c5ccccc5)c4)cc3)c3cccc(-c4ccc(-n5c6ccccc6c6ccc7ccccc7c65)cc4)c3)cc2)cc1. The van der Waals surface area contributed by atoms with E-state index in [1.807, 2.05) is 0 Å². The van der Waals surface area contributed by atoms with Crippen LogP contribution in [0.15, 0.2) is 243 Å². The molecule has 0 aliphatic heterocycles. The van der Waals surface area contributed by atoms with Gasteiger partial charge in [-0.05, 0) is 111 Å². The number of nitrogens with zero attached hydrogens (tertiary/aromatic N) is 2. The van der Waals surface area contributed by atoms with Crippen molar-refractivity contribution in [2.24, 2.45) is 0 Å². The number of aromatic nitrogens is 1. The maximum absolute atomic E-state index is 2.43. The molecular formula is C58H40N2. The molecule has 282 valence electrons. The zero-order chi connectivity index (χ0) is 39.8. The molecule has 0 unspecified atom stereocenters. The van der Waals surface area contributed by atoms with E-state index < -0.39 is 0 Å². The minimum Gasteiger partial charge on any atom is -0.310 e. The third-order valence-electron chi connectivity index (χ3n) is 11.8. The first-order chi connectivity index (χ1) is 29.7. The molecule has 0 saturated carbocycles. The van der Waals surface area contributed by atoms with Gasteiger partial charge in [0.15, 0.2) is 0 Å². The average Bonchev–Trinajstić information content (AvgIpc) is 3.68. The van der Waals surface area contributed by atoms with Crippen LogP contribution in [0, 0.1) is 0 Å². The van der Waals surface area contributed by atoms with Crippen molar-refractivity contribution in [1.82, 2.24) is 4.57 Å². The van der Waals surface area contributed by atoms with Gasteiger partial charge in [-0.2, -0.15) is 0 Å². The van der Waals surface area contributed by atoms with E-state index in [1.165, 1.54) is 71.5 Å². The maximum atomic E-state index is 2.43. The summed E-state index contributed by atoms with van der Waals surface area (Å²) in [6, 6.07) is 87.8. The number of rotatable bonds is 8. The first-order valence-corrected chi connectivity index (χ1v) is 20.6. The van der Waals surface area contributed by atoms with Gasteiger partial charge in [-0.15, -0.1) is 0 Å². The molecule has 0 bridgehead atoms. The summed E-state index contributed by atoms with van der Waals surface area (Å²) in [5.41, 5.74) is 16.4. The van der Waals surface area contributed by atoms with Gasteiger partial charge in [-0.1, -0.05) is 182 Å². The molecule has 60 heavy (non-hydrogen) atoms. The van der Waals surface area contributed by atoms with Crippen LogP contribution in [0.25, 0.3) is 82.8 Å². The highest BCUT2D eigenvalue weighted by Crippen LogP contribution is 2.40. The standard InChI is InChI=1S/C58H40N2/c1-3-13-41(14-4-1)43-25-32-50(33-26-43)59(51-34-27-44(28-35-51)48-19-11-18-47(39-48)42-15-5-2-6-16-42)53-21-12-20-49(40-53)45-29-36-52(37-30-45)60-57-24-10-9-23-55(57)56-38-31-46-17-7-8-22-54(46)58(56)60/h1-40H. The smallest absolute Gasteiger partial charge is 0.0619 e. The Morgan fingerprint density at radius 3 is 1.38 bits per heavy atom. The van der Waals surface area contributed by atoms with Gasteiger partial charge < -0.3 is 9.47 Å². The van der Waals surface area contributed by atoms with Crippen molar-refractivity contribution >= 4 is 49.6 Å². The predicted molar refractivity (Wildman–Crippen MR) is 255 cm³/mol. The third-order valence-corrected chi connectivity index (χ3v) is 11.8. The van der Waals surface area contributed by atoms with Crippen molar-refractivity contribution in [3.8, 4) is 50.2 Å². The molecule has 10 aromatic carbocycles. The van der Waals surface area contributed by atoms with Gasteiger partial charge in [0, 0.05) is 38.9 Å². The lowest BCUT2D eigenvalue weighted by molar-refractivity contribution is 1.19. The molecule has 0 fully saturated rings. The summed E-state index contributed by atoms with van der Waals surface area (Å²) in [7, 11) is 0. The van der Waals surface area contributed by atoms with Crippen molar-refractivity contribution in [2.45, 2.75) is 0 Å². The van der Waals surface area contributed by atoms with Crippen LogP contribution < -0.4 is 4.90 Å². The monoisotopic (exact) mass is 764 g/mol. The minimum absolute atomic E-state index is 1.09. The van der Waals surface area contributed by atoms with E-state index in [0.29, 0.717) is 0 Å². The summed E-state index contributed by atoms with van der Waals surface area (Å²) in [6.07, 6.45) is 0. The number of benzene rings is 10. The third kappa shape index (κ3) is 6.41. The number of hydrogen-bond donors (Lipinski definition) is 0. The molecule has 1 aromatic heterocycles. The number of para-hydroxylation sites is 1. The molecule has 0 spiro atoms. The molecule has 1 heterocycles. The van der Waals surface area contributed by atoms with Gasteiger partial charge in [0.25, 0.3) is 0 Å². The zero-order valence-electron chi connectivity index (χ0n) is 33.0. The normalized spacial score (nSPS) is 11.3. The Hall–Kier alpha value is -7.94. The van der Waals surface area contributed by atoms with Gasteiger partial charge in [0.05, 0.1) is 11.0 Å². The number of anilines is 3. The maximum Gasteiger partial charge on any atom is 0.0619 e. The van der Waals surface area contributed by atoms with E-state index in [0.717, 1.165) is 28.3 Å². The van der Waals surface area contributed by atoms with E-state index >= 15 is 0 Å². The Morgan fingerprint density at radius 1 is 0.267 bits per heavy atom. The zero-order valence-corrected chi connectivity index (χ0v) is 33.0. The van der Waals surface area contributed by atoms with E-state index in [-0.39, 0.29) is 0 Å². The highest BCUT2D eigenvalue weighted by Gasteiger charge is 2.17. The first kappa shape index (κ1) is 35.2. The van der Waals surface area contributed by atoms with Gasteiger partial charge in [0.2, 0.25) is 0 Å². The summed E-state index contributed by atoms with van der Waals surface area (Å²) in [5.74, 6) is 0. The minimum atomic E-state index is 1.09. The van der Waals surface area contributed by atoms with Crippen molar-refractivity contribution < 1.29 is 0 Å². The van der Waals surface area contributed by atoms with Crippen LogP contribution in [0.4, 0.5) is 17.1 Å². The summed E-state index contributed by atoms with van der Waals surface area (Å²) < 4.78 is 2.43. The average molecular weight is 765 g/mol. The first-order valence-electron chi connectivity index (χ1n) is 20.6. The fourth-order valence-corrected chi connectivity index (χ4v) is 8.82. The molecule has 0 saturated heterocycles. The van der Waals surface area contributed by atoms with Crippen molar-refractivity contribution in [3.63, 3.8) is 0 Å². The molecule has 0 radical (unpaired) electrons. The molecule has 0 amide bonds. The Morgan fingerprint density at radius 2 is 0.733 bits per heavy atom. The van der Waals surface area contributed by atoms with Crippen molar-refractivity contribution in [1.29, 1.82) is 0 Å². The fraction of sp³-hybridized carbons (Fsp3) is 0. The lowest BCUT2D eigenvalue weighted by Gasteiger charge is -2.26. The Kier molecular flexibility index (Phi) is 8.87. The van der Waals surface area contributed by atoms with Gasteiger partial charge in [-0.3, -0.25) is 0 Å². The van der Waals surface area contributed by atoms with E-state index in [1.54, 1.807) is 0 Å². The summed E-state index contributed by atoms with van der Waals surface area (Å²) in [4.78, 5) is 2.36. The lowest BCUT2D eigenvalue weighted by atomic mass is 9.98. The van der Waals surface area contributed by atoms with Crippen LogP contribution in [0.2, 0.25) is 0 Å². The topological polar surface area (TPSA) is 8.17 Å². The van der Waals surface area contributed by atoms with Crippen molar-refractivity contribution in [2.75, 3.05) is 4.90 Å². The van der Waals surface area contributed by atoms with Crippen LogP contribution in [0.3, 0.4) is 0 Å². The second kappa shape index (κ2) is 15.1. The van der Waals surface area contributed by atoms with E-state index in [9.17, 15) is 0 Å². The highest BCUT2D eigenvalue weighted by molar-refractivity contribution is 6.18. The van der Waals surface area contributed by atoms with Crippen LogP contribution in [-0.4, -0.2) is 4.57 Å². The quantitative estimate of drug-likeness (QED) is 0.150. The summed E-state index contributed by atoms with van der Waals surface area (Å²) in [6.45, 7) is 0. The second-order valence-electron chi connectivity index (χ2n) is 15.4. The molecular weight excluding hydrogens is 725 g/mol. The number of hydrogen-bond acceptors (Lipinski definition) is 1. The van der Waals surface area contributed by atoms with Crippen LogP contribution in [-0.2, 0) is 0 Å². The molecule has 11 aromatic rings. The van der Waals surface area contributed by atoms with Gasteiger partial charge in [-0.25, -0.2) is 0 Å². The molecule has 2 heteroatoms. The Bertz CT molecular complexity index is 3270. The fourth-order valence-electron chi connectivity index (χ4n) is 8.82. The van der Waals surface area contributed by atoms with Crippen LogP contribution >= 0.6 is 0 Å². The van der Waals surface area contributed by atoms with Crippen molar-refractivity contribution in [3.05, 3.63) is 243 Å². The molecule has 0 atom stereocenters. The van der Waals surface area contributed by atoms with Crippen LogP contribution in [0.1, 0.15) is 0 Å². The Balaban J connectivity index is 0.973. The van der Waals surface area contributed by atoms with E-state index in [2.05, 4.69) is 252 Å². The summed E-state index contributed by atoms with van der Waals surface area (Å²) in [5, 5.41) is 5.04.